The lowest BCUT2D eigenvalue weighted by molar-refractivity contribution is 0.102. The molecule has 1 N–H and O–H groups in total. The predicted molar refractivity (Wildman–Crippen MR) is 95.0 cm³/mol. The average Bonchev–Trinajstić information content (AvgIpc) is 2.97. The third-order valence-corrected chi connectivity index (χ3v) is 4.36. The normalized spacial score (nSPS) is 10.5. The summed E-state index contributed by atoms with van der Waals surface area (Å²) in [5, 5.41) is 5.20. The van der Waals surface area contributed by atoms with Crippen molar-refractivity contribution in [2.75, 3.05) is 5.32 Å². The van der Waals surface area contributed by atoms with E-state index in [2.05, 4.69) is 42.9 Å². The highest BCUT2D eigenvalue weighted by atomic mass is 127. The Morgan fingerprint density at radius 2 is 1.95 bits per heavy atom. The number of carbonyl (C=O) groups excluding carboxylic acids is 1. The minimum absolute atomic E-state index is 0.275. The topological polar surface area (TPSA) is 67.8 Å². The van der Waals surface area contributed by atoms with Crippen molar-refractivity contribution in [3.63, 3.8) is 0 Å². The fourth-order valence-corrected chi connectivity index (χ4v) is 2.83. The number of anilines is 1. The number of nitrogens with one attached hydrogen (secondary N) is 1. The van der Waals surface area contributed by atoms with Crippen LogP contribution in [-0.2, 0) is 0 Å². The zero-order chi connectivity index (χ0) is 15.5. The summed E-state index contributed by atoms with van der Waals surface area (Å²) in [4.78, 5) is 24.6. The maximum absolute atomic E-state index is 12.1. The van der Waals surface area contributed by atoms with E-state index in [9.17, 15) is 4.79 Å². The molecule has 0 atom stereocenters. The Kier molecular flexibility index (Phi) is 4.44. The van der Waals surface area contributed by atoms with Crippen LogP contribution in [0.5, 0.6) is 0 Å². The summed E-state index contributed by atoms with van der Waals surface area (Å²) in [6, 6.07) is 8.06. The molecule has 7 heteroatoms. The van der Waals surface area contributed by atoms with E-state index >= 15 is 0 Å². The minimum atomic E-state index is -0.309. The number of benzene rings is 1. The molecule has 0 aliphatic rings. The van der Waals surface area contributed by atoms with E-state index in [-0.39, 0.29) is 11.6 Å². The van der Waals surface area contributed by atoms with Crippen molar-refractivity contribution in [3.05, 3.63) is 57.0 Å². The molecular formula is C15H11IN4OS. The number of nitrogens with zero attached hydrogens (tertiary/aromatic N) is 3. The van der Waals surface area contributed by atoms with E-state index in [1.54, 1.807) is 6.20 Å². The molecule has 2 heterocycles. The minimum Gasteiger partial charge on any atom is -0.296 e. The molecule has 0 bridgehead atoms. The van der Waals surface area contributed by atoms with E-state index in [1.165, 1.54) is 21.1 Å². The Morgan fingerprint density at radius 3 is 2.64 bits per heavy atom. The monoisotopic (exact) mass is 422 g/mol. The highest BCUT2D eigenvalue weighted by molar-refractivity contribution is 14.1. The molecule has 0 radical (unpaired) electrons. The number of rotatable bonds is 3. The van der Waals surface area contributed by atoms with E-state index in [0.29, 0.717) is 5.13 Å². The van der Waals surface area contributed by atoms with Gasteiger partial charge in [-0.3, -0.25) is 15.1 Å². The first-order chi connectivity index (χ1) is 10.6. The Labute approximate surface area is 145 Å². The number of aromatic nitrogens is 3. The van der Waals surface area contributed by atoms with Gasteiger partial charge in [0.1, 0.15) is 5.69 Å². The number of thiazole rings is 1. The molecule has 3 aromatic rings. The Morgan fingerprint density at radius 1 is 1.18 bits per heavy atom. The van der Waals surface area contributed by atoms with Gasteiger partial charge in [-0.1, -0.05) is 12.1 Å². The summed E-state index contributed by atoms with van der Waals surface area (Å²) in [6.07, 6.45) is 3.02. The maximum Gasteiger partial charge on any atom is 0.277 e. The zero-order valence-corrected chi connectivity index (χ0v) is 14.6. The lowest BCUT2D eigenvalue weighted by Crippen LogP contribution is -2.13. The van der Waals surface area contributed by atoms with Crippen LogP contribution in [0.1, 0.15) is 16.2 Å². The number of halogens is 1. The van der Waals surface area contributed by atoms with Crippen molar-refractivity contribution in [3.8, 4) is 11.3 Å². The van der Waals surface area contributed by atoms with Crippen LogP contribution < -0.4 is 5.32 Å². The standard InChI is InChI=1S/C15H11IN4OS/c1-9-6-18-12(7-17-9)14(21)20-15-19-13(8-22-15)10-2-4-11(16)5-3-10/h2-8H,1H3,(H,19,20,21). The first kappa shape index (κ1) is 15.0. The Bertz CT molecular complexity index is 799. The van der Waals surface area contributed by atoms with Crippen molar-refractivity contribution < 1.29 is 4.79 Å². The molecule has 0 aliphatic heterocycles. The van der Waals surface area contributed by atoms with Crippen LogP contribution >= 0.6 is 33.9 Å². The molecule has 110 valence electrons. The van der Waals surface area contributed by atoms with Crippen molar-refractivity contribution in [2.24, 2.45) is 0 Å². The molecule has 0 aliphatic carbocycles. The molecule has 5 nitrogen and oxygen atoms in total. The molecule has 0 fully saturated rings. The summed E-state index contributed by atoms with van der Waals surface area (Å²) >= 11 is 3.64. The lowest BCUT2D eigenvalue weighted by atomic mass is 10.2. The second kappa shape index (κ2) is 6.49. The van der Waals surface area contributed by atoms with E-state index < -0.39 is 0 Å². The van der Waals surface area contributed by atoms with Crippen LogP contribution in [0.2, 0.25) is 0 Å². The van der Waals surface area contributed by atoms with Crippen LogP contribution in [-0.4, -0.2) is 20.9 Å². The van der Waals surface area contributed by atoms with Crippen molar-refractivity contribution in [1.82, 2.24) is 15.0 Å². The number of carbonyl (C=O) groups is 1. The summed E-state index contributed by atoms with van der Waals surface area (Å²) < 4.78 is 1.17. The molecule has 0 spiro atoms. The van der Waals surface area contributed by atoms with Gasteiger partial charge in [0.2, 0.25) is 0 Å². The van der Waals surface area contributed by atoms with Gasteiger partial charge in [0.05, 0.1) is 17.6 Å². The molecule has 3 rings (SSSR count). The quantitative estimate of drug-likeness (QED) is 0.653. The number of hydrogen-bond acceptors (Lipinski definition) is 5. The molecule has 1 amide bonds. The van der Waals surface area contributed by atoms with Crippen LogP contribution in [0.15, 0.2) is 42.0 Å². The van der Waals surface area contributed by atoms with Gasteiger partial charge >= 0.3 is 0 Å². The van der Waals surface area contributed by atoms with E-state index in [0.717, 1.165) is 17.0 Å². The van der Waals surface area contributed by atoms with Crippen molar-refractivity contribution in [2.45, 2.75) is 6.92 Å². The zero-order valence-electron chi connectivity index (χ0n) is 11.6. The largest absolute Gasteiger partial charge is 0.296 e. The first-order valence-electron chi connectivity index (χ1n) is 6.43. The fraction of sp³-hybridized carbons (Fsp3) is 0.0667. The molecule has 0 saturated heterocycles. The van der Waals surface area contributed by atoms with Gasteiger partial charge in [0.15, 0.2) is 5.13 Å². The van der Waals surface area contributed by atoms with Gasteiger partial charge in [-0.25, -0.2) is 9.97 Å². The average molecular weight is 422 g/mol. The van der Waals surface area contributed by atoms with Crippen LogP contribution in [0, 0.1) is 10.5 Å². The smallest absolute Gasteiger partial charge is 0.277 e. The van der Waals surface area contributed by atoms with Gasteiger partial charge < -0.3 is 0 Å². The van der Waals surface area contributed by atoms with Gasteiger partial charge in [-0.05, 0) is 41.6 Å². The molecule has 0 saturated carbocycles. The van der Waals surface area contributed by atoms with E-state index in [1.807, 2.05) is 36.6 Å². The molecule has 0 unspecified atom stereocenters. The summed E-state index contributed by atoms with van der Waals surface area (Å²) in [5.41, 5.74) is 2.90. The highest BCUT2D eigenvalue weighted by Crippen LogP contribution is 2.25. The number of hydrogen-bond donors (Lipinski definition) is 1. The lowest BCUT2D eigenvalue weighted by Gasteiger charge is -2.00. The third-order valence-electron chi connectivity index (χ3n) is 2.88. The van der Waals surface area contributed by atoms with Crippen LogP contribution in [0.25, 0.3) is 11.3 Å². The number of aryl methyl sites for hydroxylation is 1. The first-order valence-corrected chi connectivity index (χ1v) is 8.39. The van der Waals surface area contributed by atoms with Gasteiger partial charge in [0, 0.05) is 20.7 Å². The third kappa shape index (κ3) is 3.47. The SMILES string of the molecule is Cc1cnc(C(=O)Nc2nc(-c3ccc(I)cc3)cs2)cn1. The molecule has 2 aromatic heterocycles. The van der Waals surface area contributed by atoms with Gasteiger partial charge in [-0.2, -0.15) is 0 Å². The summed E-state index contributed by atoms with van der Waals surface area (Å²) in [6.45, 7) is 1.82. The summed E-state index contributed by atoms with van der Waals surface area (Å²) in [5.74, 6) is -0.309. The Hall–Kier alpha value is -1.87. The second-order valence-corrected chi connectivity index (χ2v) is 6.65. The highest BCUT2D eigenvalue weighted by Gasteiger charge is 2.11. The Balaban J connectivity index is 1.75. The predicted octanol–water partition coefficient (Wildman–Crippen LogP) is 3.77. The fourth-order valence-electron chi connectivity index (χ4n) is 1.76. The summed E-state index contributed by atoms with van der Waals surface area (Å²) in [7, 11) is 0. The molecule has 22 heavy (non-hydrogen) atoms. The second-order valence-electron chi connectivity index (χ2n) is 4.54. The van der Waals surface area contributed by atoms with Crippen LogP contribution in [0.4, 0.5) is 5.13 Å². The van der Waals surface area contributed by atoms with Crippen molar-refractivity contribution >= 4 is 45.0 Å². The molecule has 1 aromatic carbocycles. The van der Waals surface area contributed by atoms with Gasteiger partial charge in [0.25, 0.3) is 5.91 Å². The molecular weight excluding hydrogens is 411 g/mol. The maximum atomic E-state index is 12.1. The van der Waals surface area contributed by atoms with Crippen molar-refractivity contribution in [1.29, 1.82) is 0 Å². The number of amides is 1. The van der Waals surface area contributed by atoms with Gasteiger partial charge in [-0.15, -0.1) is 11.3 Å². The van der Waals surface area contributed by atoms with Crippen LogP contribution in [0.3, 0.4) is 0 Å². The van der Waals surface area contributed by atoms with E-state index in [4.69, 9.17) is 0 Å².